The number of nitrogens with zero attached hydrogens (tertiary/aromatic N) is 6. The SMILES string of the molecule is C=S(=O)(c1ccc(-c2cc(S(N)(=O)=O)c(C)n2CC2CCCCC2)cc1C(C)(C)C)N1CCCC(C)C1.CCN(C(C)(C)C)S(=O)(=O)c1ccc(-c2cc(S(N)(=O)=O)c(C)n2CC2CCCCC2)cc1C(C)(C)C.Cc1c(S(N)(=O)=O)cc(-c2ccc(S(=O)(=O)N3CCCC3(C)C)c(C(C)(C)C)c2)n1CC1CCCCC1. The van der Waals surface area contributed by atoms with Crippen LogP contribution in [0.5, 0.6) is 0 Å². The standard InChI is InChI=1S/C29H45N3O3S2.C28H43N3O4S2.C28H45N3O4S2/c1-21-11-10-16-31(19-21)36(6,33)27-15-14-24(17-25(27)29(3,4)5)26-18-28(37(30,34)35)22(2)32(26)20-23-12-8-7-9-13-23;1-20-26(36(29,32)33)18-24(30(20)19-21-11-8-7-9-12-21)22-13-14-25(23(17-22)27(2,3)4)37(34,35)31-16-10-15-28(31,5)6;1-9-31(28(6,7)8)37(34,35)25-16-15-22(17-23(25)27(3,4)5)24-18-26(36(29,32)33)20(2)30(24)19-21-13-11-10-12-14-21/h14-15,17-18,21,23H,6-13,16,19-20H2,1-5H3,(H2,30,34,35);13-14,17-18,21H,7-12,15-16,19H2,1-6H3,(H2,29,32,33);15-18,21H,9-14,19H2,1-8H3,(H2,29,32,33). The van der Waals surface area contributed by atoms with Crippen molar-refractivity contribution in [2.24, 2.45) is 39.1 Å². The second-order valence-electron chi connectivity index (χ2n) is 37.4. The molecule has 620 valence electrons. The summed E-state index contributed by atoms with van der Waals surface area (Å²) in [5.74, 6) is 6.24. The fourth-order valence-corrected chi connectivity index (χ4v) is 26.9. The lowest BCUT2D eigenvalue weighted by molar-refractivity contribution is 0.259. The number of primary sulfonamides is 3. The van der Waals surface area contributed by atoms with Crippen LogP contribution in [-0.4, -0.2) is 116 Å². The largest absolute Gasteiger partial charge is 0.343 e. The van der Waals surface area contributed by atoms with Crippen LogP contribution in [0.4, 0.5) is 0 Å². The molecule has 2 unspecified atom stereocenters. The van der Waals surface area contributed by atoms with Crippen LogP contribution >= 0.6 is 0 Å². The quantitative estimate of drug-likeness (QED) is 0.0641. The Bertz CT molecular complexity index is 4880. The lowest BCUT2D eigenvalue weighted by Gasteiger charge is -2.35. The molecule has 3 saturated carbocycles. The Morgan fingerprint density at radius 1 is 0.441 bits per heavy atom. The van der Waals surface area contributed by atoms with E-state index in [-0.39, 0.29) is 25.0 Å². The van der Waals surface area contributed by atoms with Gasteiger partial charge in [-0.25, -0.2) is 66.0 Å². The monoisotopic (exact) mass is 1650 g/mol. The minimum absolute atomic E-state index is 0.122. The Balaban J connectivity index is 0.000000191. The molecule has 5 aliphatic rings. The minimum atomic E-state index is -3.91. The van der Waals surface area contributed by atoms with Crippen LogP contribution in [0.1, 0.15) is 267 Å². The third kappa shape index (κ3) is 20.5. The Hall–Kier alpha value is -4.97. The Morgan fingerprint density at radius 2 is 0.775 bits per heavy atom. The third-order valence-electron chi connectivity index (χ3n) is 24.0. The van der Waals surface area contributed by atoms with Gasteiger partial charge in [-0.3, -0.25) is 0 Å². The van der Waals surface area contributed by atoms with Gasteiger partial charge in [0.1, 0.15) is 14.7 Å². The fraction of sp³-hybridized carbons (Fsp3) is 0.635. The molecule has 20 nitrogen and oxygen atoms in total. The first kappa shape index (κ1) is 90.0. The van der Waals surface area contributed by atoms with Crippen LogP contribution in [0.15, 0.2) is 102 Å². The van der Waals surface area contributed by atoms with Crippen LogP contribution in [-0.2, 0) is 95.7 Å². The summed E-state index contributed by atoms with van der Waals surface area (Å²) in [4.78, 5) is 1.83. The average Bonchev–Trinajstić information content (AvgIpc) is 1.72. The van der Waals surface area contributed by atoms with Gasteiger partial charge in [0.15, 0.2) is 0 Å². The summed E-state index contributed by atoms with van der Waals surface area (Å²) in [7, 11) is -21.8. The van der Waals surface area contributed by atoms with Crippen LogP contribution in [0.25, 0.3) is 33.8 Å². The lowest BCUT2D eigenvalue weighted by Crippen LogP contribution is -2.45. The van der Waals surface area contributed by atoms with Crippen molar-refractivity contribution in [3.63, 3.8) is 0 Å². The molecule has 6 aromatic rings. The van der Waals surface area contributed by atoms with E-state index >= 15 is 0 Å². The topological polar surface area (TPSA) is 290 Å². The Kier molecular flexibility index (Phi) is 27.5. The zero-order chi connectivity index (χ0) is 82.5. The highest BCUT2D eigenvalue weighted by atomic mass is 32.2. The van der Waals surface area contributed by atoms with Gasteiger partial charge in [0, 0.05) is 96.0 Å². The fourth-order valence-electron chi connectivity index (χ4n) is 17.9. The van der Waals surface area contributed by atoms with Gasteiger partial charge in [0.05, 0.1) is 19.5 Å². The average molecular weight is 1650 g/mol. The van der Waals surface area contributed by atoms with Crippen LogP contribution < -0.4 is 15.4 Å². The van der Waals surface area contributed by atoms with E-state index in [2.05, 4.69) is 57.6 Å². The number of hydrogen-bond donors (Lipinski definition) is 3. The minimum Gasteiger partial charge on any atom is -0.343 e. The summed E-state index contributed by atoms with van der Waals surface area (Å²) in [5, 5.41) is 16.8. The van der Waals surface area contributed by atoms with Gasteiger partial charge >= 0.3 is 0 Å². The first-order chi connectivity index (χ1) is 51.1. The number of nitrogens with two attached hydrogens (primary N) is 3. The van der Waals surface area contributed by atoms with Crippen LogP contribution in [0, 0.1) is 44.4 Å². The Morgan fingerprint density at radius 3 is 1.08 bits per heavy atom. The summed E-state index contributed by atoms with van der Waals surface area (Å²) >= 11 is 0. The molecule has 6 N–H and O–H groups in total. The molecule has 0 amide bonds. The molecule has 3 aromatic heterocycles. The molecule has 3 aliphatic carbocycles. The summed E-state index contributed by atoms with van der Waals surface area (Å²) in [6, 6.07) is 22.0. The van der Waals surface area contributed by atoms with Crippen molar-refractivity contribution in [2.45, 2.75) is 330 Å². The van der Waals surface area contributed by atoms with Crippen molar-refractivity contribution < 1.29 is 46.3 Å². The number of benzene rings is 3. The molecule has 0 spiro atoms. The van der Waals surface area contributed by atoms with Gasteiger partial charge in [0.2, 0.25) is 50.1 Å². The smallest absolute Gasteiger partial charge is 0.243 e. The molecular weight excluding hydrogens is 1520 g/mol. The normalized spacial score (nSPS) is 19.5. The van der Waals surface area contributed by atoms with Gasteiger partial charge < -0.3 is 13.7 Å². The van der Waals surface area contributed by atoms with E-state index in [9.17, 15) is 46.3 Å². The van der Waals surface area contributed by atoms with E-state index in [1.807, 2.05) is 127 Å². The predicted molar refractivity (Wildman–Crippen MR) is 454 cm³/mol. The molecule has 2 atom stereocenters. The third-order valence-corrected chi connectivity index (χ3v) is 33.8. The first-order valence-corrected chi connectivity index (χ1v) is 49.6. The number of hydrogen-bond acceptors (Lipinski definition) is 11. The zero-order valence-electron chi connectivity index (χ0n) is 70.2. The second-order valence-corrected chi connectivity index (χ2v) is 47.9. The van der Waals surface area contributed by atoms with Gasteiger partial charge in [0.25, 0.3) is 0 Å². The first-order valence-electron chi connectivity index (χ1n) is 40.4. The number of aromatic nitrogens is 3. The van der Waals surface area contributed by atoms with Gasteiger partial charge in [-0.15, -0.1) is 0 Å². The highest BCUT2D eigenvalue weighted by Gasteiger charge is 2.44. The summed E-state index contributed by atoms with van der Waals surface area (Å²) in [6.07, 6.45) is 21.6. The molecule has 11 rings (SSSR count). The molecule has 5 fully saturated rings. The molecule has 5 heterocycles. The van der Waals surface area contributed by atoms with Crippen molar-refractivity contribution >= 4 is 65.7 Å². The van der Waals surface area contributed by atoms with E-state index in [0.717, 1.165) is 147 Å². The lowest BCUT2D eigenvalue weighted by atomic mass is 9.85. The van der Waals surface area contributed by atoms with Crippen LogP contribution in [0.3, 0.4) is 0 Å². The number of rotatable bonds is 19. The van der Waals surface area contributed by atoms with Gasteiger partial charge in [-0.05, 0) is 253 Å². The molecule has 2 aliphatic heterocycles. The molecule has 3 aromatic carbocycles. The summed E-state index contributed by atoms with van der Waals surface area (Å²) in [5.41, 5.74) is 7.08. The molecule has 0 bridgehead atoms. The maximum absolute atomic E-state index is 14.2. The summed E-state index contributed by atoms with van der Waals surface area (Å²) < 4.78 is 156. The molecule has 2 saturated heterocycles. The maximum atomic E-state index is 14.2. The number of piperidine rings is 1. The van der Waals surface area contributed by atoms with E-state index in [0.29, 0.717) is 64.3 Å². The zero-order valence-corrected chi connectivity index (χ0v) is 75.1. The van der Waals surface area contributed by atoms with Gasteiger partial charge in [-0.2, -0.15) is 8.61 Å². The van der Waals surface area contributed by atoms with Crippen molar-refractivity contribution in [1.29, 1.82) is 0 Å². The van der Waals surface area contributed by atoms with E-state index in [1.165, 1.54) is 62.1 Å². The second kappa shape index (κ2) is 33.9. The van der Waals surface area contributed by atoms with Crippen molar-refractivity contribution in [1.82, 2.24) is 26.6 Å². The van der Waals surface area contributed by atoms with E-state index in [4.69, 9.17) is 15.4 Å². The molecular formula is C85H133N9O11S6. The van der Waals surface area contributed by atoms with Crippen molar-refractivity contribution in [2.75, 3.05) is 26.2 Å². The van der Waals surface area contributed by atoms with Crippen molar-refractivity contribution in [3.05, 3.63) is 107 Å². The maximum Gasteiger partial charge on any atom is 0.243 e. The van der Waals surface area contributed by atoms with E-state index < -0.39 is 81.7 Å². The molecule has 111 heavy (non-hydrogen) atoms. The molecule has 26 heteroatoms. The highest BCUT2D eigenvalue weighted by Crippen LogP contribution is 2.45. The highest BCUT2D eigenvalue weighted by molar-refractivity contribution is 7.98. The number of sulfonamides is 5. The summed E-state index contributed by atoms with van der Waals surface area (Å²) in [6.45, 7) is 42.3. The van der Waals surface area contributed by atoms with Gasteiger partial charge in [-0.1, -0.05) is 152 Å². The van der Waals surface area contributed by atoms with Crippen molar-refractivity contribution in [3.8, 4) is 33.8 Å². The van der Waals surface area contributed by atoms with Crippen LogP contribution in [0.2, 0.25) is 0 Å². The Labute approximate surface area is 669 Å². The van der Waals surface area contributed by atoms with E-state index in [1.54, 1.807) is 47.6 Å². The predicted octanol–water partition coefficient (Wildman–Crippen LogP) is 17.1. The molecule has 0 radical (unpaired) electrons.